The number of benzene rings is 2. The van der Waals surface area contributed by atoms with Crippen molar-refractivity contribution in [2.24, 2.45) is 0 Å². The summed E-state index contributed by atoms with van der Waals surface area (Å²) in [5.41, 5.74) is 2.72. The third-order valence-electron chi connectivity index (χ3n) is 5.08. The van der Waals surface area contributed by atoms with Crippen molar-refractivity contribution in [2.45, 2.75) is 39.0 Å². The molecule has 0 saturated carbocycles. The second-order valence-electron chi connectivity index (χ2n) is 7.17. The minimum Gasteiger partial charge on any atom is -0.493 e. The maximum atomic E-state index is 12.1. The zero-order chi connectivity index (χ0) is 22.8. The summed E-state index contributed by atoms with van der Waals surface area (Å²) in [6.07, 6.45) is 1.58. The maximum absolute atomic E-state index is 12.1. The Morgan fingerprint density at radius 1 is 0.968 bits per heavy atom. The van der Waals surface area contributed by atoms with Crippen LogP contribution in [0.4, 0.5) is 5.69 Å². The number of rotatable bonds is 11. The predicted octanol–water partition coefficient (Wildman–Crippen LogP) is 4.34. The van der Waals surface area contributed by atoms with E-state index in [9.17, 15) is 9.59 Å². The van der Waals surface area contributed by atoms with Gasteiger partial charge in [-0.15, -0.1) is 0 Å². The molecule has 2 aromatic rings. The Morgan fingerprint density at radius 3 is 2.10 bits per heavy atom. The summed E-state index contributed by atoms with van der Waals surface area (Å²) in [6, 6.07) is 11.3. The van der Waals surface area contributed by atoms with Crippen molar-refractivity contribution in [3.05, 3.63) is 47.5 Å². The van der Waals surface area contributed by atoms with Crippen LogP contribution < -0.4 is 19.5 Å². The molecule has 31 heavy (non-hydrogen) atoms. The first kappa shape index (κ1) is 24.1. The Hall–Kier alpha value is -3.22. The quantitative estimate of drug-likeness (QED) is 0.535. The standard InChI is InChI=1S/C24H31NO6/c1-6-16(2)18-8-10-19(11-9-18)25-22(26)15-31-23(27)12-7-17-13-20(28-3)24(30-5)21(14-17)29-4/h8-11,13-14,16H,6-7,12,15H2,1-5H3,(H,25,26)/t16-/m0/s1. The van der Waals surface area contributed by atoms with Crippen LogP contribution >= 0.6 is 0 Å². The molecule has 168 valence electrons. The lowest BCUT2D eigenvalue weighted by atomic mass is 9.99. The van der Waals surface area contributed by atoms with Crippen LogP contribution in [0.2, 0.25) is 0 Å². The number of hydrogen-bond acceptors (Lipinski definition) is 6. The Labute approximate surface area is 183 Å². The maximum Gasteiger partial charge on any atom is 0.306 e. The summed E-state index contributed by atoms with van der Waals surface area (Å²) in [4.78, 5) is 24.1. The predicted molar refractivity (Wildman–Crippen MR) is 119 cm³/mol. The van der Waals surface area contributed by atoms with Gasteiger partial charge in [0, 0.05) is 12.1 Å². The molecule has 1 atom stereocenters. The van der Waals surface area contributed by atoms with E-state index in [4.69, 9.17) is 18.9 Å². The van der Waals surface area contributed by atoms with Gasteiger partial charge >= 0.3 is 5.97 Å². The fourth-order valence-electron chi connectivity index (χ4n) is 3.07. The first-order valence-electron chi connectivity index (χ1n) is 10.3. The molecule has 0 aliphatic rings. The van der Waals surface area contributed by atoms with Crippen molar-refractivity contribution in [1.82, 2.24) is 0 Å². The fraction of sp³-hybridized carbons (Fsp3) is 0.417. The van der Waals surface area contributed by atoms with E-state index in [1.165, 1.54) is 26.9 Å². The van der Waals surface area contributed by atoms with Crippen LogP contribution in [0.3, 0.4) is 0 Å². The minimum atomic E-state index is -0.462. The van der Waals surface area contributed by atoms with Crippen molar-refractivity contribution < 1.29 is 28.5 Å². The molecule has 0 unspecified atom stereocenters. The highest BCUT2D eigenvalue weighted by molar-refractivity contribution is 5.92. The lowest BCUT2D eigenvalue weighted by Gasteiger charge is -2.14. The van der Waals surface area contributed by atoms with Gasteiger partial charge in [-0.25, -0.2) is 0 Å². The first-order chi connectivity index (χ1) is 14.9. The van der Waals surface area contributed by atoms with Crippen LogP contribution in [0.15, 0.2) is 36.4 Å². The van der Waals surface area contributed by atoms with Crippen LogP contribution in [-0.2, 0) is 20.7 Å². The molecule has 7 nitrogen and oxygen atoms in total. The van der Waals surface area contributed by atoms with Gasteiger partial charge in [-0.3, -0.25) is 9.59 Å². The van der Waals surface area contributed by atoms with Crippen LogP contribution in [0.5, 0.6) is 17.2 Å². The summed E-state index contributed by atoms with van der Waals surface area (Å²) in [5, 5.41) is 2.73. The number of carbonyl (C=O) groups is 2. The highest BCUT2D eigenvalue weighted by Crippen LogP contribution is 2.38. The smallest absolute Gasteiger partial charge is 0.306 e. The third-order valence-corrected chi connectivity index (χ3v) is 5.08. The van der Waals surface area contributed by atoms with Crippen molar-refractivity contribution >= 4 is 17.6 Å². The molecular weight excluding hydrogens is 398 g/mol. The van der Waals surface area contributed by atoms with Crippen molar-refractivity contribution in [1.29, 1.82) is 0 Å². The van der Waals surface area contributed by atoms with Crippen molar-refractivity contribution in [2.75, 3.05) is 33.3 Å². The molecule has 7 heteroatoms. The van der Waals surface area contributed by atoms with E-state index in [2.05, 4.69) is 19.2 Å². The lowest BCUT2D eigenvalue weighted by Crippen LogP contribution is -2.21. The Bertz CT molecular complexity index is 853. The zero-order valence-electron chi connectivity index (χ0n) is 18.8. The molecule has 1 N–H and O–H groups in total. The van der Waals surface area contributed by atoms with Crippen LogP contribution in [0.1, 0.15) is 43.7 Å². The van der Waals surface area contributed by atoms with E-state index < -0.39 is 5.97 Å². The summed E-state index contributed by atoms with van der Waals surface area (Å²) in [7, 11) is 4.60. The number of carbonyl (C=O) groups excluding carboxylic acids is 2. The molecule has 0 fully saturated rings. The van der Waals surface area contributed by atoms with E-state index >= 15 is 0 Å². The highest BCUT2D eigenvalue weighted by atomic mass is 16.5. The molecule has 0 spiro atoms. The SMILES string of the molecule is CC[C@H](C)c1ccc(NC(=O)COC(=O)CCc2cc(OC)c(OC)c(OC)c2)cc1. The molecule has 2 rings (SSSR count). The van der Waals surface area contributed by atoms with Crippen LogP contribution in [0.25, 0.3) is 0 Å². The van der Waals surface area contributed by atoms with Gasteiger partial charge < -0.3 is 24.3 Å². The largest absolute Gasteiger partial charge is 0.493 e. The Kier molecular flexibility index (Phi) is 9.18. The fourth-order valence-corrected chi connectivity index (χ4v) is 3.07. The van der Waals surface area contributed by atoms with Crippen molar-refractivity contribution in [3.63, 3.8) is 0 Å². The average Bonchev–Trinajstić information content (AvgIpc) is 2.80. The van der Waals surface area contributed by atoms with E-state index in [0.717, 1.165) is 12.0 Å². The number of hydrogen-bond donors (Lipinski definition) is 1. The minimum absolute atomic E-state index is 0.121. The molecule has 0 bridgehead atoms. The Balaban J connectivity index is 1.83. The third kappa shape index (κ3) is 6.91. The van der Waals surface area contributed by atoms with Gasteiger partial charge in [0.2, 0.25) is 5.75 Å². The number of methoxy groups -OCH3 is 3. The molecule has 0 aliphatic heterocycles. The monoisotopic (exact) mass is 429 g/mol. The van der Waals surface area contributed by atoms with Gasteiger partial charge in [-0.1, -0.05) is 26.0 Å². The number of ether oxygens (including phenoxy) is 4. The zero-order valence-corrected chi connectivity index (χ0v) is 18.8. The van der Waals surface area contributed by atoms with E-state index in [1.54, 1.807) is 12.1 Å². The molecule has 0 aliphatic carbocycles. The van der Waals surface area contributed by atoms with Gasteiger partial charge in [0.1, 0.15) is 0 Å². The van der Waals surface area contributed by atoms with Crippen molar-refractivity contribution in [3.8, 4) is 17.2 Å². The van der Waals surface area contributed by atoms with E-state index in [-0.39, 0.29) is 18.9 Å². The molecule has 2 aromatic carbocycles. The molecule has 0 heterocycles. The van der Waals surface area contributed by atoms with Crippen LogP contribution in [-0.4, -0.2) is 39.8 Å². The number of amides is 1. The van der Waals surface area contributed by atoms with E-state index in [0.29, 0.717) is 35.3 Å². The number of esters is 1. The summed E-state index contributed by atoms with van der Waals surface area (Å²) in [6.45, 7) is 3.96. The van der Waals surface area contributed by atoms with Gasteiger partial charge in [-0.05, 0) is 54.2 Å². The van der Waals surface area contributed by atoms with Gasteiger partial charge in [0.15, 0.2) is 18.1 Å². The summed E-state index contributed by atoms with van der Waals surface area (Å²) < 4.78 is 21.0. The van der Waals surface area contributed by atoms with Crippen LogP contribution in [0, 0.1) is 0 Å². The summed E-state index contributed by atoms with van der Waals surface area (Å²) in [5.74, 6) is 1.16. The lowest BCUT2D eigenvalue weighted by molar-refractivity contribution is -0.147. The highest BCUT2D eigenvalue weighted by Gasteiger charge is 2.15. The average molecular weight is 430 g/mol. The molecule has 1 amide bonds. The molecule has 0 radical (unpaired) electrons. The number of nitrogens with one attached hydrogen (secondary N) is 1. The topological polar surface area (TPSA) is 83.1 Å². The second-order valence-corrected chi connectivity index (χ2v) is 7.17. The van der Waals surface area contributed by atoms with Gasteiger partial charge in [-0.2, -0.15) is 0 Å². The number of anilines is 1. The van der Waals surface area contributed by atoms with Gasteiger partial charge in [0.25, 0.3) is 5.91 Å². The second kappa shape index (κ2) is 11.8. The molecule has 0 aromatic heterocycles. The number of aryl methyl sites for hydroxylation is 1. The first-order valence-corrected chi connectivity index (χ1v) is 10.3. The summed E-state index contributed by atoms with van der Waals surface area (Å²) >= 11 is 0. The Morgan fingerprint density at radius 2 is 1.58 bits per heavy atom. The normalized spacial score (nSPS) is 11.4. The molecule has 0 saturated heterocycles. The van der Waals surface area contributed by atoms with Gasteiger partial charge in [0.05, 0.1) is 21.3 Å². The molecular formula is C24H31NO6. The van der Waals surface area contributed by atoms with E-state index in [1.807, 2.05) is 24.3 Å².